The van der Waals surface area contributed by atoms with Crippen LogP contribution in [0.1, 0.15) is 46.1 Å². The van der Waals surface area contributed by atoms with Crippen LogP contribution in [0.4, 0.5) is 0 Å². The second-order valence-electron chi connectivity index (χ2n) is 8.23. The predicted molar refractivity (Wildman–Crippen MR) is 120 cm³/mol. The van der Waals surface area contributed by atoms with E-state index in [1.807, 2.05) is 64.1 Å². The Labute approximate surface area is 181 Å². The van der Waals surface area contributed by atoms with Crippen LogP contribution < -0.4 is 5.32 Å². The molecule has 6 heteroatoms. The number of carbonyl (C=O) groups is 1. The van der Waals surface area contributed by atoms with Gasteiger partial charge < -0.3 is 5.32 Å². The lowest BCUT2D eigenvalue weighted by atomic mass is 10.1. The Morgan fingerprint density at radius 1 is 0.806 bits per heavy atom. The van der Waals surface area contributed by atoms with Gasteiger partial charge in [-0.2, -0.15) is 10.2 Å². The number of benzene rings is 2. The minimum Gasteiger partial charge on any atom is -0.342 e. The molecule has 6 nitrogen and oxygen atoms in total. The first-order valence-electron chi connectivity index (χ1n) is 10.5. The Balaban J connectivity index is 1.58. The normalized spacial score (nSPS) is 12.8. The zero-order valence-corrected chi connectivity index (χ0v) is 18.1. The average Bonchev–Trinajstić information content (AvgIpc) is 3.36. The summed E-state index contributed by atoms with van der Waals surface area (Å²) < 4.78 is 3.52. The summed E-state index contributed by atoms with van der Waals surface area (Å²) in [7, 11) is 0. The molecule has 0 spiro atoms. The van der Waals surface area contributed by atoms with Crippen LogP contribution in [0.25, 0.3) is 11.1 Å². The Morgan fingerprint density at radius 3 is 1.68 bits per heavy atom. The molecule has 1 amide bonds. The third-order valence-electron chi connectivity index (χ3n) is 5.91. The van der Waals surface area contributed by atoms with E-state index in [1.165, 1.54) is 0 Å². The minimum absolute atomic E-state index is 0.145. The molecule has 4 aromatic rings. The van der Waals surface area contributed by atoms with Gasteiger partial charge in [-0.15, -0.1) is 0 Å². The average molecular weight is 412 g/mol. The van der Waals surface area contributed by atoms with Crippen molar-refractivity contribution in [2.75, 3.05) is 0 Å². The molecule has 0 fully saturated rings. The second kappa shape index (κ2) is 7.23. The maximum Gasteiger partial charge on any atom is 0.268 e. The van der Waals surface area contributed by atoms with Gasteiger partial charge in [0.2, 0.25) is 6.17 Å². The van der Waals surface area contributed by atoms with Crippen molar-refractivity contribution in [3.63, 3.8) is 0 Å². The van der Waals surface area contributed by atoms with E-state index in [0.717, 1.165) is 45.0 Å². The van der Waals surface area contributed by atoms with E-state index in [1.54, 1.807) is 9.36 Å². The summed E-state index contributed by atoms with van der Waals surface area (Å²) in [4.78, 5) is 13.8. The van der Waals surface area contributed by atoms with Gasteiger partial charge in [0.05, 0.1) is 17.4 Å². The number of nitrogens with one attached hydrogen (secondary N) is 1. The molecule has 0 saturated heterocycles. The van der Waals surface area contributed by atoms with Crippen molar-refractivity contribution in [2.45, 2.75) is 39.9 Å². The molecule has 2 aromatic heterocycles. The Bertz CT molecular complexity index is 1210. The third-order valence-corrected chi connectivity index (χ3v) is 5.91. The van der Waals surface area contributed by atoms with E-state index in [2.05, 4.69) is 39.8 Å². The molecule has 0 aliphatic heterocycles. The van der Waals surface area contributed by atoms with Gasteiger partial charge in [0.1, 0.15) is 0 Å². The van der Waals surface area contributed by atoms with Crippen molar-refractivity contribution in [1.29, 1.82) is 0 Å². The Morgan fingerprint density at radius 2 is 1.26 bits per heavy atom. The fourth-order valence-electron chi connectivity index (χ4n) is 4.64. The maximum absolute atomic E-state index is 13.8. The summed E-state index contributed by atoms with van der Waals surface area (Å²) in [5.74, 6) is -0.145. The molecule has 5 rings (SSSR count). The van der Waals surface area contributed by atoms with Gasteiger partial charge in [-0.25, -0.2) is 9.36 Å². The number of aryl methyl sites for hydroxylation is 4. The van der Waals surface area contributed by atoms with Crippen molar-refractivity contribution in [1.82, 2.24) is 24.9 Å². The molecule has 31 heavy (non-hydrogen) atoms. The van der Waals surface area contributed by atoms with Crippen LogP contribution in [0.2, 0.25) is 0 Å². The van der Waals surface area contributed by atoms with Crippen LogP contribution in [0.15, 0.2) is 60.7 Å². The first-order chi connectivity index (χ1) is 14.9. The summed E-state index contributed by atoms with van der Waals surface area (Å²) in [6.45, 7) is 7.80. The molecule has 2 heterocycles. The summed E-state index contributed by atoms with van der Waals surface area (Å²) in [5.41, 5.74) is 8.11. The van der Waals surface area contributed by atoms with Crippen LogP contribution in [-0.2, 0) is 4.79 Å². The molecule has 156 valence electrons. The number of amides is 1. The molecule has 1 aliphatic rings. The lowest BCUT2D eigenvalue weighted by molar-refractivity contribution is -0.126. The highest BCUT2D eigenvalue weighted by Crippen LogP contribution is 2.43. The van der Waals surface area contributed by atoms with E-state index in [4.69, 9.17) is 0 Å². The number of aromatic nitrogens is 4. The summed E-state index contributed by atoms with van der Waals surface area (Å²) in [5, 5.41) is 12.5. The second-order valence-corrected chi connectivity index (χ2v) is 8.23. The fourth-order valence-corrected chi connectivity index (χ4v) is 4.64. The van der Waals surface area contributed by atoms with Gasteiger partial charge in [-0.3, -0.25) is 4.79 Å². The largest absolute Gasteiger partial charge is 0.342 e. The SMILES string of the molecule is Cc1cc(C)n(C(C(=O)NC2c3ccccc3-c3ccccc32)n2nc(C)cc2C)n1. The molecule has 2 aromatic carbocycles. The maximum atomic E-state index is 13.8. The van der Waals surface area contributed by atoms with E-state index in [-0.39, 0.29) is 11.9 Å². The van der Waals surface area contributed by atoms with Crippen LogP contribution in [0.5, 0.6) is 0 Å². The predicted octanol–water partition coefficient (Wildman–Crippen LogP) is 4.25. The zero-order chi connectivity index (χ0) is 21.7. The summed E-state index contributed by atoms with van der Waals surface area (Å²) in [6.07, 6.45) is -0.706. The number of fused-ring (bicyclic) bond motifs is 3. The molecule has 0 radical (unpaired) electrons. The fraction of sp³-hybridized carbons (Fsp3) is 0.240. The molecule has 0 bridgehead atoms. The molecule has 0 unspecified atom stereocenters. The van der Waals surface area contributed by atoms with Crippen molar-refractivity contribution >= 4 is 5.91 Å². The van der Waals surface area contributed by atoms with E-state index in [9.17, 15) is 4.79 Å². The van der Waals surface area contributed by atoms with E-state index < -0.39 is 6.17 Å². The molecular formula is C25H25N5O. The van der Waals surface area contributed by atoms with Gasteiger partial charge in [-0.05, 0) is 62.1 Å². The van der Waals surface area contributed by atoms with Gasteiger partial charge in [0, 0.05) is 11.4 Å². The topological polar surface area (TPSA) is 64.7 Å². The number of carbonyl (C=O) groups excluding carboxylic acids is 1. The smallest absolute Gasteiger partial charge is 0.268 e. The van der Waals surface area contributed by atoms with Gasteiger partial charge >= 0.3 is 0 Å². The standard InChI is InChI=1S/C25H25N5O/c1-15-13-17(3)29(27-15)25(30-18(4)14-16(2)28-30)24(31)26-23-21-11-7-5-9-19(21)20-10-6-8-12-22(20)23/h5-14,23,25H,1-4H3,(H,26,31). The Hall–Kier alpha value is -3.67. The van der Waals surface area contributed by atoms with Crippen molar-refractivity contribution in [2.24, 2.45) is 0 Å². The molecular weight excluding hydrogens is 386 g/mol. The molecule has 1 aliphatic carbocycles. The van der Waals surface area contributed by atoms with Crippen LogP contribution in [0, 0.1) is 27.7 Å². The minimum atomic E-state index is -0.706. The highest BCUT2D eigenvalue weighted by Gasteiger charge is 2.34. The van der Waals surface area contributed by atoms with Crippen LogP contribution in [0.3, 0.4) is 0 Å². The summed E-state index contributed by atoms with van der Waals surface area (Å²) in [6, 6.07) is 20.2. The molecule has 0 saturated carbocycles. The number of hydrogen-bond donors (Lipinski definition) is 1. The highest BCUT2D eigenvalue weighted by atomic mass is 16.2. The summed E-state index contributed by atoms with van der Waals surface area (Å²) >= 11 is 0. The number of rotatable bonds is 4. The number of hydrogen-bond acceptors (Lipinski definition) is 3. The quantitative estimate of drug-likeness (QED) is 0.546. The van der Waals surface area contributed by atoms with Crippen molar-refractivity contribution in [3.8, 4) is 11.1 Å². The van der Waals surface area contributed by atoms with Crippen molar-refractivity contribution in [3.05, 3.63) is 94.6 Å². The zero-order valence-electron chi connectivity index (χ0n) is 18.1. The lowest BCUT2D eigenvalue weighted by Gasteiger charge is -2.24. The first kappa shape index (κ1) is 19.3. The van der Waals surface area contributed by atoms with Crippen molar-refractivity contribution < 1.29 is 4.79 Å². The third kappa shape index (κ3) is 3.15. The van der Waals surface area contributed by atoms with Crippen LogP contribution in [-0.4, -0.2) is 25.5 Å². The highest BCUT2D eigenvalue weighted by molar-refractivity contribution is 5.85. The van der Waals surface area contributed by atoms with Gasteiger partial charge in [-0.1, -0.05) is 48.5 Å². The number of nitrogens with zero attached hydrogens (tertiary/aromatic N) is 4. The van der Waals surface area contributed by atoms with E-state index in [0.29, 0.717) is 0 Å². The van der Waals surface area contributed by atoms with Crippen LogP contribution >= 0.6 is 0 Å². The lowest BCUT2D eigenvalue weighted by Crippen LogP contribution is -2.40. The molecule has 1 N–H and O–H groups in total. The van der Waals surface area contributed by atoms with E-state index >= 15 is 0 Å². The first-order valence-corrected chi connectivity index (χ1v) is 10.5. The Kier molecular flexibility index (Phi) is 4.50. The van der Waals surface area contributed by atoms with Gasteiger partial charge in [0.15, 0.2) is 0 Å². The molecule has 0 atom stereocenters. The monoisotopic (exact) mass is 411 g/mol. The van der Waals surface area contributed by atoms with Gasteiger partial charge in [0.25, 0.3) is 5.91 Å².